The quantitative estimate of drug-likeness (QED) is 0.571. The predicted molar refractivity (Wildman–Crippen MR) is 76.7 cm³/mol. The van der Waals surface area contributed by atoms with E-state index in [1.807, 2.05) is 0 Å². The lowest BCUT2D eigenvalue weighted by molar-refractivity contribution is 0.128. The summed E-state index contributed by atoms with van der Waals surface area (Å²) in [5.41, 5.74) is 5.50. The lowest BCUT2D eigenvalue weighted by atomic mass is 10.2. The Morgan fingerprint density at radius 3 is 1.67 bits per heavy atom. The van der Waals surface area contributed by atoms with Gasteiger partial charge in [0.05, 0.1) is 0 Å². The molecule has 0 atom stereocenters. The zero-order valence-electron chi connectivity index (χ0n) is 11.8. The number of aliphatic hydroxyl groups excluding tert-OH is 1. The Morgan fingerprint density at radius 2 is 1.22 bits per heavy atom. The van der Waals surface area contributed by atoms with Crippen molar-refractivity contribution in [2.75, 3.05) is 52.4 Å². The van der Waals surface area contributed by atoms with Gasteiger partial charge in [-0.2, -0.15) is 0 Å². The molecule has 0 radical (unpaired) electrons. The van der Waals surface area contributed by atoms with Crippen LogP contribution in [0.5, 0.6) is 0 Å². The van der Waals surface area contributed by atoms with Crippen LogP contribution in [0.3, 0.4) is 0 Å². The molecule has 18 heavy (non-hydrogen) atoms. The summed E-state index contributed by atoms with van der Waals surface area (Å²) >= 11 is 0. The summed E-state index contributed by atoms with van der Waals surface area (Å²) in [5, 5.41) is 8.73. The highest BCUT2D eigenvalue weighted by Crippen LogP contribution is 2.06. The Hall–Kier alpha value is -0.160. The molecule has 0 bridgehead atoms. The maximum absolute atomic E-state index is 8.73. The molecule has 0 aromatic rings. The van der Waals surface area contributed by atoms with E-state index in [1.54, 1.807) is 0 Å². The molecule has 1 aliphatic rings. The molecule has 0 unspecified atom stereocenters. The number of piperazine rings is 1. The molecule has 0 aliphatic carbocycles. The van der Waals surface area contributed by atoms with Crippen LogP contribution in [0, 0.1) is 0 Å². The van der Waals surface area contributed by atoms with Crippen LogP contribution in [-0.4, -0.2) is 67.3 Å². The second kappa shape index (κ2) is 10.7. The second-order valence-electron chi connectivity index (χ2n) is 5.32. The number of hydrogen-bond acceptors (Lipinski definition) is 4. The molecule has 4 heteroatoms. The van der Waals surface area contributed by atoms with E-state index in [9.17, 15) is 0 Å². The Labute approximate surface area is 112 Å². The maximum atomic E-state index is 8.73. The van der Waals surface area contributed by atoms with E-state index >= 15 is 0 Å². The summed E-state index contributed by atoms with van der Waals surface area (Å²) in [6.07, 6.45) is 7.10. The molecule has 1 aliphatic heterocycles. The van der Waals surface area contributed by atoms with E-state index in [2.05, 4.69) is 9.80 Å². The summed E-state index contributed by atoms with van der Waals surface area (Å²) < 4.78 is 0. The first-order valence-electron chi connectivity index (χ1n) is 7.62. The van der Waals surface area contributed by atoms with Crippen molar-refractivity contribution in [1.29, 1.82) is 0 Å². The summed E-state index contributed by atoms with van der Waals surface area (Å²) in [5.74, 6) is 0. The molecule has 1 heterocycles. The third-order valence-corrected chi connectivity index (χ3v) is 3.78. The normalized spacial score (nSPS) is 18.3. The van der Waals surface area contributed by atoms with Crippen molar-refractivity contribution in [3.8, 4) is 0 Å². The number of nitrogens with zero attached hydrogens (tertiary/aromatic N) is 2. The third kappa shape index (κ3) is 7.31. The highest BCUT2D eigenvalue weighted by Gasteiger charge is 2.15. The van der Waals surface area contributed by atoms with Gasteiger partial charge in [-0.1, -0.05) is 6.42 Å². The average Bonchev–Trinajstić information content (AvgIpc) is 2.41. The van der Waals surface area contributed by atoms with Crippen molar-refractivity contribution in [1.82, 2.24) is 9.80 Å². The van der Waals surface area contributed by atoms with E-state index in [4.69, 9.17) is 10.8 Å². The Bertz CT molecular complexity index is 162. The first kappa shape index (κ1) is 15.9. The number of unbranched alkanes of at least 4 members (excludes halogenated alkanes) is 4. The van der Waals surface area contributed by atoms with Gasteiger partial charge >= 0.3 is 0 Å². The van der Waals surface area contributed by atoms with Crippen LogP contribution in [-0.2, 0) is 0 Å². The molecule has 0 aromatic heterocycles. The fourth-order valence-corrected chi connectivity index (χ4v) is 2.52. The van der Waals surface area contributed by atoms with Crippen LogP contribution < -0.4 is 5.73 Å². The molecule has 108 valence electrons. The van der Waals surface area contributed by atoms with Crippen LogP contribution in [0.4, 0.5) is 0 Å². The first-order valence-corrected chi connectivity index (χ1v) is 7.62. The van der Waals surface area contributed by atoms with E-state index in [0.29, 0.717) is 6.61 Å². The van der Waals surface area contributed by atoms with Gasteiger partial charge in [0.15, 0.2) is 0 Å². The SMILES string of the molecule is NCCCCCN1CCN(CCCCCO)CC1. The fraction of sp³-hybridized carbons (Fsp3) is 1.00. The fourth-order valence-electron chi connectivity index (χ4n) is 2.52. The largest absolute Gasteiger partial charge is 0.396 e. The van der Waals surface area contributed by atoms with Gasteiger partial charge in [-0.15, -0.1) is 0 Å². The monoisotopic (exact) mass is 257 g/mol. The van der Waals surface area contributed by atoms with Crippen LogP contribution in [0.2, 0.25) is 0 Å². The second-order valence-corrected chi connectivity index (χ2v) is 5.32. The van der Waals surface area contributed by atoms with Crippen LogP contribution in [0.25, 0.3) is 0 Å². The predicted octanol–water partition coefficient (Wildman–Crippen LogP) is 0.896. The molecule has 4 nitrogen and oxygen atoms in total. The molecule has 0 aromatic carbocycles. The molecule has 1 fully saturated rings. The Balaban J connectivity index is 1.95. The number of aliphatic hydroxyl groups is 1. The van der Waals surface area contributed by atoms with E-state index in [0.717, 1.165) is 19.4 Å². The van der Waals surface area contributed by atoms with Gasteiger partial charge in [0.25, 0.3) is 0 Å². The van der Waals surface area contributed by atoms with Crippen molar-refractivity contribution in [2.24, 2.45) is 5.73 Å². The van der Waals surface area contributed by atoms with Crippen molar-refractivity contribution in [3.05, 3.63) is 0 Å². The van der Waals surface area contributed by atoms with Gasteiger partial charge in [0.2, 0.25) is 0 Å². The van der Waals surface area contributed by atoms with Crippen molar-refractivity contribution < 1.29 is 5.11 Å². The minimum Gasteiger partial charge on any atom is -0.396 e. The van der Waals surface area contributed by atoms with Crippen molar-refractivity contribution >= 4 is 0 Å². The number of rotatable bonds is 10. The molecule has 0 spiro atoms. The average molecular weight is 257 g/mol. The molecule has 3 N–H and O–H groups in total. The summed E-state index contributed by atoms with van der Waals surface area (Å²) in [6, 6.07) is 0. The Kier molecular flexibility index (Phi) is 9.48. The maximum Gasteiger partial charge on any atom is 0.0431 e. The summed E-state index contributed by atoms with van der Waals surface area (Å²) in [7, 11) is 0. The minimum atomic E-state index is 0.344. The van der Waals surface area contributed by atoms with Crippen LogP contribution in [0.1, 0.15) is 38.5 Å². The van der Waals surface area contributed by atoms with Gasteiger partial charge < -0.3 is 20.6 Å². The van der Waals surface area contributed by atoms with Crippen LogP contribution >= 0.6 is 0 Å². The minimum absolute atomic E-state index is 0.344. The van der Waals surface area contributed by atoms with Crippen molar-refractivity contribution in [2.45, 2.75) is 38.5 Å². The molecular formula is C14H31N3O. The standard InChI is InChI=1S/C14H31N3O/c15-7-3-1-4-8-16-10-12-17(13-11-16)9-5-2-6-14-18/h18H,1-15H2. The number of nitrogens with two attached hydrogens (primary N) is 1. The molecule has 1 rings (SSSR count). The topological polar surface area (TPSA) is 52.7 Å². The van der Waals surface area contributed by atoms with E-state index < -0.39 is 0 Å². The summed E-state index contributed by atoms with van der Waals surface area (Å²) in [4.78, 5) is 5.15. The van der Waals surface area contributed by atoms with Gasteiger partial charge in [0, 0.05) is 32.8 Å². The molecule has 0 amide bonds. The smallest absolute Gasteiger partial charge is 0.0431 e. The number of hydrogen-bond donors (Lipinski definition) is 2. The van der Waals surface area contributed by atoms with Gasteiger partial charge in [0.1, 0.15) is 0 Å². The highest BCUT2D eigenvalue weighted by atomic mass is 16.2. The van der Waals surface area contributed by atoms with Crippen molar-refractivity contribution in [3.63, 3.8) is 0 Å². The van der Waals surface area contributed by atoms with E-state index in [-0.39, 0.29) is 0 Å². The van der Waals surface area contributed by atoms with Gasteiger partial charge in [-0.25, -0.2) is 0 Å². The van der Waals surface area contributed by atoms with Gasteiger partial charge in [-0.3, -0.25) is 0 Å². The lowest BCUT2D eigenvalue weighted by Gasteiger charge is -2.34. The zero-order valence-corrected chi connectivity index (χ0v) is 11.8. The summed E-state index contributed by atoms with van der Waals surface area (Å²) in [6.45, 7) is 8.52. The lowest BCUT2D eigenvalue weighted by Crippen LogP contribution is -2.46. The Morgan fingerprint density at radius 1 is 0.722 bits per heavy atom. The van der Waals surface area contributed by atoms with E-state index in [1.165, 1.54) is 65.0 Å². The third-order valence-electron chi connectivity index (χ3n) is 3.78. The van der Waals surface area contributed by atoms with Crippen LogP contribution in [0.15, 0.2) is 0 Å². The zero-order chi connectivity index (χ0) is 13.1. The molecular weight excluding hydrogens is 226 g/mol. The van der Waals surface area contributed by atoms with Gasteiger partial charge in [-0.05, 0) is 51.7 Å². The first-order chi connectivity index (χ1) is 8.86. The molecule has 0 saturated carbocycles. The highest BCUT2D eigenvalue weighted by molar-refractivity contribution is 4.71. The molecule has 1 saturated heterocycles.